The molecule has 106 valence electrons. The Morgan fingerprint density at radius 1 is 0.381 bits per heavy atom. The van der Waals surface area contributed by atoms with Gasteiger partial charge in [0.25, 0.3) is 0 Å². The lowest BCUT2D eigenvalue weighted by molar-refractivity contribution is 1.40. The summed E-state index contributed by atoms with van der Waals surface area (Å²) in [5.74, 6) is 0. The first-order valence-corrected chi connectivity index (χ1v) is 7.30. The first-order valence-electron chi connectivity index (χ1n) is 7.30. The van der Waals surface area contributed by atoms with Gasteiger partial charge in [0.1, 0.15) is 0 Å². The SMILES string of the molecule is Cc1ccc(-c2ccccc2)cc1.Cc1ccc(C)cc1. The summed E-state index contributed by atoms with van der Waals surface area (Å²) in [4.78, 5) is 0. The molecule has 0 aliphatic carbocycles. The molecule has 21 heavy (non-hydrogen) atoms. The zero-order valence-corrected chi connectivity index (χ0v) is 13.0. The summed E-state index contributed by atoms with van der Waals surface area (Å²) in [6.45, 7) is 6.30. The van der Waals surface area contributed by atoms with Crippen molar-refractivity contribution in [3.8, 4) is 11.1 Å². The van der Waals surface area contributed by atoms with Gasteiger partial charge in [-0.15, -0.1) is 0 Å². The molecule has 0 saturated carbocycles. The first kappa shape index (κ1) is 15.1. The van der Waals surface area contributed by atoms with E-state index in [1.807, 2.05) is 6.07 Å². The minimum Gasteiger partial charge on any atom is -0.0622 e. The van der Waals surface area contributed by atoms with E-state index in [-0.39, 0.29) is 0 Å². The number of rotatable bonds is 1. The molecule has 0 radical (unpaired) electrons. The van der Waals surface area contributed by atoms with Gasteiger partial charge in [-0.05, 0) is 31.9 Å². The van der Waals surface area contributed by atoms with Crippen molar-refractivity contribution < 1.29 is 0 Å². The molecular formula is C21H22. The van der Waals surface area contributed by atoms with E-state index >= 15 is 0 Å². The molecule has 0 atom stereocenters. The van der Waals surface area contributed by atoms with Crippen LogP contribution in [0.3, 0.4) is 0 Å². The maximum Gasteiger partial charge on any atom is -0.0184 e. The predicted octanol–water partition coefficient (Wildman–Crippen LogP) is 5.97. The van der Waals surface area contributed by atoms with Gasteiger partial charge in [0.05, 0.1) is 0 Å². The first-order chi connectivity index (χ1) is 10.1. The van der Waals surface area contributed by atoms with E-state index < -0.39 is 0 Å². The number of hydrogen-bond acceptors (Lipinski definition) is 0. The Bertz CT molecular complexity index is 626. The summed E-state index contributed by atoms with van der Waals surface area (Å²) in [5, 5.41) is 0. The van der Waals surface area contributed by atoms with E-state index in [2.05, 4.69) is 93.6 Å². The van der Waals surface area contributed by atoms with Crippen molar-refractivity contribution in [2.24, 2.45) is 0 Å². The summed E-state index contributed by atoms with van der Waals surface area (Å²) < 4.78 is 0. The highest BCUT2D eigenvalue weighted by molar-refractivity contribution is 5.63. The Hall–Kier alpha value is -2.34. The van der Waals surface area contributed by atoms with Crippen LogP contribution in [-0.2, 0) is 0 Å². The maximum atomic E-state index is 2.16. The van der Waals surface area contributed by atoms with Crippen LogP contribution in [0.4, 0.5) is 0 Å². The van der Waals surface area contributed by atoms with Crippen LogP contribution in [0.1, 0.15) is 16.7 Å². The third kappa shape index (κ3) is 4.92. The second kappa shape index (κ2) is 7.44. The Kier molecular flexibility index (Phi) is 5.34. The highest BCUT2D eigenvalue weighted by Crippen LogP contribution is 2.18. The minimum absolute atomic E-state index is 1.28. The average molecular weight is 274 g/mol. The van der Waals surface area contributed by atoms with Gasteiger partial charge in [0.15, 0.2) is 0 Å². The molecule has 0 aliphatic heterocycles. The lowest BCUT2D eigenvalue weighted by atomic mass is 10.0. The van der Waals surface area contributed by atoms with Gasteiger partial charge in [-0.25, -0.2) is 0 Å². The van der Waals surface area contributed by atoms with E-state index in [4.69, 9.17) is 0 Å². The van der Waals surface area contributed by atoms with Gasteiger partial charge in [0.2, 0.25) is 0 Å². The van der Waals surface area contributed by atoms with Crippen molar-refractivity contribution in [3.05, 3.63) is 95.6 Å². The molecule has 0 spiro atoms. The molecule has 0 fully saturated rings. The van der Waals surface area contributed by atoms with E-state index in [1.165, 1.54) is 27.8 Å². The van der Waals surface area contributed by atoms with Gasteiger partial charge < -0.3 is 0 Å². The summed E-state index contributed by atoms with van der Waals surface area (Å²) in [7, 11) is 0. The Morgan fingerprint density at radius 3 is 1.14 bits per heavy atom. The zero-order valence-electron chi connectivity index (χ0n) is 13.0. The largest absolute Gasteiger partial charge is 0.0622 e. The van der Waals surface area contributed by atoms with Crippen molar-refractivity contribution in [1.82, 2.24) is 0 Å². The molecular weight excluding hydrogens is 252 g/mol. The third-order valence-electron chi connectivity index (χ3n) is 3.38. The summed E-state index contributed by atoms with van der Waals surface area (Å²) in [5.41, 5.74) is 6.53. The van der Waals surface area contributed by atoms with Crippen LogP contribution in [0.5, 0.6) is 0 Å². The zero-order chi connectivity index (χ0) is 15.1. The van der Waals surface area contributed by atoms with Crippen LogP contribution in [-0.4, -0.2) is 0 Å². The fraction of sp³-hybridized carbons (Fsp3) is 0.143. The second-order valence-corrected chi connectivity index (χ2v) is 5.39. The van der Waals surface area contributed by atoms with Gasteiger partial charge in [0, 0.05) is 0 Å². The van der Waals surface area contributed by atoms with Crippen LogP contribution < -0.4 is 0 Å². The lowest BCUT2D eigenvalue weighted by Gasteiger charge is -2.00. The quantitative estimate of drug-likeness (QED) is 0.513. The number of benzene rings is 3. The smallest absolute Gasteiger partial charge is 0.0184 e. The van der Waals surface area contributed by atoms with Crippen molar-refractivity contribution in [2.75, 3.05) is 0 Å². The molecule has 0 heterocycles. The monoisotopic (exact) mass is 274 g/mol. The summed E-state index contributed by atoms with van der Waals surface area (Å²) in [6, 6.07) is 27.5. The fourth-order valence-electron chi connectivity index (χ4n) is 2.01. The highest BCUT2D eigenvalue weighted by atomic mass is 14.0. The summed E-state index contributed by atoms with van der Waals surface area (Å²) >= 11 is 0. The van der Waals surface area contributed by atoms with Gasteiger partial charge in [-0.2, -0.15) is 0 Å². The molecule has 0 nitrogen and oxygen atoms in total. The molecule has 3 aromatic rings. The van der Waals surface area contributed by atoms with Crippen LogP contribution in [0.15, 0.2) is 78.9 Å². The molecule has 0 amide bonds. The van der Waals surface area contributed by atoms with Crippen LogP contribution in [0.25, 0.3) is 11.1 Å². The average Bonchev–Trinajstić information content (AvgIpc) is 2.52. The van der Waals surface area contributed by atoms with Crippen molar-refractivity contribution in [1.29, 1.82) is 0 Å². The predicted molar refractivity (Wildman–Crippen MR) is 92.5 cm³/mol. The van der Waals surface area contributed by atoms with Crippen LogP contribution >= 0.6 is 0 Å². The lowest BCUT2D eigenvalue weighted by Crippen LogP contribution is -1.76. The topological polar surface area (TPSA) is 0 Å². The molecule has 3 rings (SSSR count). The van der Waals surface area contributed by atoms with Gasteiger partial charge in [-0.3, -0.25) is 0 Å². The maximum absolute atomic E-state index is 2.16. The molecule has 0 unspecified atom stereocenters. The minimum atomic E-state index is 1.28. The van der Waals surface area contributed by atoms with E-state index in [1.54, 1.807) is 0 Å². The van der Waals surface area contributed by atoms with Crippen molar-refractivity contribution >= 4 is 0 Å². The van der Waals surface area contributed by atoms with Crippen molar-refractivity contribution in [2.45, 2.75) is 20.8 Å². The van der Waals surface area contributed by atoms with Crippen LogP contribution in [0, 0.1) is 20.8 Å². The molecule has 0 heteroatoms. The van der Waals surface area contributed by atoms with E-state index in [9.17, 15) is 0 Å². The van der Waals surface area contributed by atoms with Crippen LogP contribution in [0.2, 0.25) is 0 Å². The Balaban J connectivity index is 0.000000173. The van der Waals surface area contributed by atoms with Gasteiger partial charge in [-0.1, -0.05) is 95.6 Å². The second-order valence-electron chi connectivity index (χ2n) is 5.39. The fourth-order valence-corrected chi connectivity index (χ4v) is 2.01. The normalized spacial score (nSPS) is 9.67. The Morgan fingerprint density at radius 2 is 0.714 bits per heavy atom. The Labute approximate surface area is 128 Å². The number of aryl methyl sites for hydroxylation is 3. The molecule has 0 bridgehead atoms. The number of hydrogen-bond donors (Lipinski definition) is 0. The standard InChI is InChI=1S/C13H12.C8H10/c1-11-7-9-13(10-8-11)12-5-3-2-4-6-12;1-7-3-5-8(2)6-4-7/h2-10H,1H3;3-6H,1-2H3. The molecule has 0 N–H and O–H groups in total. The van der Waals surface area contributed by atoms with Gasteiger partial charge >= 0.3 is 0 Å². The summed E-state index contributed by atoms with van der Waals surface area (Å²) in [6.07, 6.45) is 0. The molecule has 3 aromatic carbocycles. The third-order valence-corrected chi connectivity index (χ3v) is 3.38. The van der Waals surface area contributed by atoms with E-state index in [0.717, 1.165) is 0 Å². The molecule has 0 aromatic heterocycles. The molecule has 0 aliphatic rings. The highest BCUT2D eigenvalue weighted by Gasteiger charge is 1.93. The van der Waals surface area contributed by atoms with E-state index in [0.29, 0.717) is 0 Å². The molecule has 0 saturated heterocycles. The van der Waals surface area contributed by atoms with Crippen molar-refractivity contribution in [3.63, 3.8) is 0 Å².